The summed E-state index contributed by atoms with van der Waals surface area (Å²) in [5.41, 5.74) is 0.858. The van der Waals surface area contributed by atoms with E-state index < -0.39 is 12.4 Å². The molecule has 0 fully saturated rings. The van der Waals surface area contributed by atoms with E-state index in [0.717, 1.165) is 10.0 Å². The number of halogens is 2. The Bertz CT molecular complexity index is 342. The molecule has 0 aliphatic rings. The fourth-order valence-electron chi connectivity index (χ4n) is 1.42. The van der Waals surface area contributed by atoms with Crippen LogP contribution < -0.4 is 0 Å². The summed E-state index contributed by atoms with van der Waals surface area (Å²) in [5, 5.41) is 10.4. The first-order valence-corrected chi connectivity index (χ1v) is 5.93. The predicted octanol–water partition coefficient (Wildman–Crippen LogP) is 2.62. The van der Waals surface area contributed by atoms with Crippen LogP contribution in [0.4, 0.5) is 0 Å². The molecule has 0 aromatic heterocycles. The molecule has 1 rings (SSSR count). The second kappa shape index (κ2) is 6.57. The highest BCUT2D eigenvalue weighted by atomic mass is 79.9. The maximum atomic E-state index is 9.84. The Morgan fingerprint density at radius 3 is 2.50 bits per heavy atom. The number of hydrogen-bond donors (Lipinski definition) is 1. The lowest BCUT2D eigenvalue weighted by atomic mass is 10.1. The SMILES string of the molecule is COC(OC)C(O)Cc1ccc(Br)cc1Cl. The molecule has 0 aliphatic heterocycles. The second-order valence-corrected chi connectivity index (χ2v) is 4.67. The summed E-state index contributed by atoms with van der Waals surface area (Å²) in [4.78, 5) is 0. The average molecular weight is 310 g/mol. The van der Waals surface area contributed by atoms with Crippen molar-refractivity contribution in [3.8, 4) is 0 Å². The van der Waals surface area contributed by atoms with E-state index >= 15 is 0 Å². The number of aliphatic hydroxyl groups excluding tert-OH is 1. The van der Waals surface area contributed by atoms with Gasteiger partial charge in [-0.3, -0.25) is 0 Å². The molecule has 1 aromatic rings. The van der Waals surface area contributed by atoms with E-state index in [-0.39, 0.29) is 0 Å². The summed E-state index contributed by atoms with van der Waals surface area (Å²) in [6.45, 7) is 0. The van der Waals surface area contributed by atoms with E-state index in [1.807, 2.05) is 12.1 Å². The van der Waals surface area contributed by atoms with Gasteiger partial charge in [-0.15, -0.1) is 0 Å². The molecule has 5 heteroatoms. The molecule has 1 unspecified atom stereocenters. The first-order valence-electron chi connectivity index (χ1n) is 4.76. The molecule has 0 aliphatic carbocycles. The van der Waals surface area contributed by atoms with Crippen molar-refractivity contribution in [1.29, 1.82) is 0 Å². The van der Waals surface area contributed by atoms with Crippen LogP contribution in [0.2, 0.25) is 5.02 Å². The highest BCUT2D eigenvalue weighted by Crippen LogP contribution is 2.23. The third-order valence-electron chi connectivity index (χ3n) is 2.22. The monoisotopic (exact) mass is 308 g/mol. The molecule has 3 nitrogen and oxygen atoms in total. The van der Waals surface area contributed by atoms with E-state index in [9.17, 15) is 5.11 Å². The fraction of sp³-hybridized carbons (Fsp3) is 0.455. The van der Waals surface area contributed by atoms with Crippen LogP contribution in [0.1, 0.15) is 5.56 Å². The molecule has 1 aromatic carbocycles. The zero-order valence-corrected chi connectivity index (χ0v) is 11.5. The predicted molar refractivity (Wildman–Crippen MR) is 66.7 cm³/mol. The quantitative estimate of drug-likeness (QED) is 0.850. The maximum Gasteiger partial charge on any atom is 0.183 e. The van der Waals surface area contributed by atoms with Gasteiger partial charge in [0.2, 0.25) is 0 Å². The van der Waals surface area contributed by atoms with Crippen molar-refractivity contribution in [3.63, 3.8) is 0 Å². The smallest absolute Gasteiger partial charge is 0.183 e. The van der Waals surface area contributed by atoms with Crippen molar-refractivity contribution in [2.24, 2.45) is 0 Å². The molecule has 90 valence electrons. The minimum atomic E-state index is -0.742. The van der Waals surface area contributed by atoms with Crippen molar-refractivity contribution in [2.45, 2.75) is 18.8 Å². The molecule has 0 bridgehead atoms. The van der Waals surface area contributed by atoms with Gasteiger partial charge >= 0.3 is 0 Å². The number of benzene rings is 1. The lowest BCUT2D eigenvalue weighted by molar-refractivity contribution is -0.163. The van der Waals surface area contributed by atoms with Crippen LogP contribution in [-0.2, 0) is 15.9 Å². The van der Waals surface area contributed by atoms with Gasteiger partial charge in [0.1, 0.15) is 6.10 Å². The first-order chi connectivity index (χ1) is 7.58. The summed E-state index contributed by atoms with van der Waals surface area (Å²) < 4.78 is 10.9. The molecule has 0 spiro atoms. The number of ether oxygens (including phenoxy) is 2. The average Bonchev–Trinajstić information content (AvgIpc) is 2.24. The minimum Gasteiger partial charge on any atom is -0.387 e. The van der Waals surface area contributed by atoms with E-state index in [4.69, 9.17) is 21.1 Å². The van der Waals surface area contributed by atoms with E-state index in [2.05, 4.69) is 15.9 Å². The van der Waals surface area contributed by atoms with Gasteiger partial charge in [-0.05, 0) is 17.7 Å². The van der Waals surface area contributed by atoms with Crippen molar-refractivity contribution >= 4 is 27.5 Å². The van der Waals surface area contributed by atoms with Crippen molar-refractivity contribution in [3.05, 3.63) is 33.3 Å². The van der Waals surface area contributed by atoms with Crippen LogP contribution in [-0.4, -0.2) is 31.7 Å². The van der Waals surface area contributed by atoms with Crippen molar-refractivity contribution < 1.29 is 14.6 Å². The summed E-state index contributed by atoms with van der Waals surface area (Å²) in [6, 6.07) is 5.53. The number of hydrogen-bond acceptors (Lipinski definition) is 3. The van der Waals surface area contributed by atoms with Crippen molar-refractivity contribution in [2.75, 3.05) is 14.2 Å². The Labute approximate surface area is 108 Å². The first kappa shape index (κ1) is 13.9. The maximum absolute atomic E-state index is 9.84. The van der Waals surface area contributed by atoms with Crippen LogP contribution in [0.15, 0.2) is 22.7 Å². The van der Waals surface area contributed by atoms with Gasteiger partial charge in [0.15, 0.2) is 6.29 Å². The van der Waals surface area contributed by atoms with Gasteiger partial charge in [0, 0.05) is 30.1 Å². The highest BCUT2D eigenvalue weighted by molar-refractivity contribution is 9.10. The van der Waals surface area contributed by atoms with Gasteiger partial charge in [0.05, 0.1) is 0 Å². The van der Waals surface area contributed by atoms with Crippen LogP contribution in [0.3, 0.4) is 0 Å². The van der Waals surface area contributed by atoms with Crippen LogP contribution in [0, 0.1) is 0 Å². The van der Waals surface area contributed by atoms with Crippen molar-refractivity contribution in [1.82, 2.24) is 0 Å². The molecule has 0 amide bonds. The fourth-order valence-corrected chi connectivity index (χ4v) is 2.17. The Hall–Kier alpha value is -0.130. The topological polar surface area (TPSA) is 38.7 Å². The third kappa shape index (κ3) is 3.71. The molecular weight excluding hydrogens is 295 g/mol. The minimum absolute atomic E-state index is 0.387. The molecule has 0 radical (unpaired) electrons. The molecule has 0 saturated carbocycles. The number of rotatable bonds is 5. The summed E-state index contributed by atoms with van der Waals surface area (Å²) in [7, 11) is 2.97. The summed E-state index contributed by atoms with van der Waals surface area (Å²) in [6.07, 6.45) is -0.994. The summed E-state index contributed by atoms with van der Waals surface area (Å²) in [5.74, 6) is 0. The van der Waals surface area contributed by atoms with Crippen LogP contribution >= 0.6 is 27.5 Å². The van der Waals surface area contributed by atoms with Gasteiger partial charge < -0.3 is 14.6 Å². The Kier molecular flexibility index (Phi) is 5.72. The van der Waals surface area contributed by atoms with Gasteiger partial charge in [0.25, 0.3) is 0 Å². The molecular formula is C11H14BrClO3. The summed E-state index contributed by atoms with van der Waals surface area (Å²) >= 11 is 9.36. The van der Waals surface area contributed by atoms with Crippen LogP contribution in [0.5, 0.6) is 0 Å². The Morgan fingerprint density at radius 2 is 2.00 bits per heavy atom. The molecule has 16 heavy (non-hydrogen) atoms. The number of aliphatic hydroxyl groups is 1. The molecule has 1 atom stereocenters. The standard InChI is InChI=1S/C11H14BrClO3/c1-15-11(16-2)10(14)5-7-3-4-8(12)6-9(7)13/h3-4,6,10-11,14H,5H2,1-2H3. The third-order valence-corrected chi connectivity index (χ3v) is 3.07. The normalized spacial score (nSPS) is 13.1. The Balaban J connectivity index is 2.72. The molecule has 1 N–H and O–H groups in total. The second-order valence-electron chi connectivity index (χ2n) is 3.35. The molecule has 0 heterocycles. The van der Waals surface area contributed by atoms with E-state index in [0.29, 0.717) is 11.4 Å². The largest absolute Gasteiger partial charge is 0.387 e. The van der Waals surface area contributed by atoms with E-state index in [1.54, 1.807) is 6.07 Å². The van der Waals surface area contributed by atoms with E-state index in [1.165, 1.54) is 14.2 Å². The van der Waals surface area contributed by atoms with Gasteiger partial charge in [-0.25, -0.2) is 0 Å². The number of methoxy groups -OCH3 is 2. The van der Waals surface area contributed by atoms with Gasteiger partial charge in [-0.1, -0.05) is 33.6 Å². The zero-order valence-electron chi connectivity index (χ0n) is 9.11. The lowest BCUT2D eigenvalue weighted by Crippen LogP contribution is -2.31. The lowest BCUT2D eigenvalue weighted by Gasteiger charge is -2.20. The van der Waals surface area contributed by atoms with Gasteiger partial charge in [-0.2, -0.15) is 0 Å². The molecule has 0 saturated heterocycles. The highest BCUT2D eigenvalue weighted by Gasteiger charge is 2.19. The van der Waals surface area contributed by atoms with Crippen LogP contribution in [0.25, 0.3) is 0 Å². The zero-order chi connectivity index (χ0) is 12.1. The Morgan fingerprint density at radius 1 is 1.38 bits per heavy atom.